The number of pyridine rings is 1. The summed E-state index contributed by atoms with van der Waals surface area (Å²) in [4.78, 5) is 26.0. The molecule has 9 heteroatoms. The molecule has 0 N–H and O–H groups in total. The molecule has 0 radical (unpaired) electrons. The number of aryl methyl sites for hydroxylation is 1. The lowest BCUT2D eigenvalue weighted by Gasteiger charge is -2.14. The van der Waals surface area contributed by atoms with Gasteiger partial charge < -0.3 is 23.5 Å². The molecule has 0 fully saturated rings. The van der Waals surface area contributed by atoms with E-state index in [9.17, 15) is 14.9 Å². The number of aromatic nitrogens is 1. The molecule has 35 heavy (non-hydrogen) atoms. The number of rotatable bonds is 12. The topological polar surface area (TPSA) is 99.8 Å². The van der Waals surface area contributed by atoms with Crippen LogP contribution < -0.4 is 19.8 Å². The average Bonchev–Trinajstić information content (AvgIpc) is 2.88. The van der Waals surface area contributed by atoms with E-state index in [4.69, 9.17) is 30.5 Å². The molecule has 1 heterocycles. The Morgan fingerprint density at radius 2 is 1.77 bits per heavy atom. The number of ether oxygens (including phenoxy) is 4. The van der Waals surface area contributed by atoms with Gasteiger partial charge in [0.05, 0.1) is 17.7 Å². The van der Waals surface area contributed by atoms with Gasteiger partial charge in [-0.15, -0.1) is 0 Å². The first-order valence-corrected chi connectivity index (χ1v) is 11.2. The van der Waals surface area contributed by atoms with Gasteiger partial charge in [-0.25, -0.2) is 0 Å². The molecule has 0 spiro atoms. The number of benzene rings is 2. The van der Waals surface area contributed by atoms with Gasteiger partial charge in [-0.1, -0.05) is 23.7 Å². The van der Waals surface area contributed by atoms with Gasteiger partial charge in [-0.05, 0) is 42.8 Å². The van der Waals surface area contributed by atoms with Crippen LogP contribution in [0.25, 0.3) is 0 Å². The van der Waals surface area contributed by atoms with E-state index in [2.05, 4.69) is 0 Å². The summed E-state index contributed by atoms with van der Waals surface area (Å²) in [6.07, 6.45) is 2.00. The highest BCUT2D eigenvalue weighted by Crippen LogP contribution is 2.27. The summed E-state index contributed by atoms with van der Waals surface area (Å²) in [6.45, 7) is 1.10. The maximum absolute atomic E-state index is 13.5. The Bertz CT molecular complexity index is 1280. The number of hydrogen-bond donors (Lipinski definition) is 0. The van der Waals surface area contributed by atoms with E-state index < -0.39 is 11.3 Å². The number of nitriles is 1. The van der Waals surface area contributed by atoms with Crippen molar-refractivity contribution in [1.82, 2.24) is 4.57 Å². The molecule has 0 unspecified atom stereocenters. The number of carbonyl (C=O) groups is 1. The number of nitrogens with zero attached hydrogens (tertiary/aromatic N) is 2. The Balaban J connectivity index is 1.84. The molecule has 0 atom stereocenters. The van der Waals surface area contributed by atoms with E-state index in [0.717, 1.165) is 0 Å². The van der Waals surface area contributed by atoms with Crippen LogP contribution in [0.15, 0.2) is 59.5 Å². The first kappa shape index (κ1) is 25.8. The van der Waals surface area contributed by atoms with Gasteiger partial charge in [0.2, 0.25) is 0 Å². The number of para-hydroxylation sites is 1. The standard InChI is InChI=1S/C26H25ClN2O6/c1-32-11-5-10-29-17-19(14-18(16-28)26(29)31)25(30)21-15-20(33-2)8-9-23(21)34-12-13-35-24-7-4-3-6-22(24)27/h3-4,6-9,14-15,17H,5,10-13H2,1-2H3. The predicted molar refractivity (Wildman–Crippen MR) is 131 cm³/mol. The number of methoxy groups -OCH3 is 2. The van der Waals surface area contributed by atoms with Gasteiger partial charge in [-0.3, -0.25) is 9.59 Å². The first-order valence-electron chi connectivity index (χ1n) is 10.8. The van der Waals surface area contributed by atoms with Crippen LogP contribution >= 0.6 is 11.6 Å². The second-order valence-corrected chi connectivity index (χ2v) is 7.82. The zero-order valence-corrected chi connectivity index (χ0v) is 20.2. The van der Waals surface area contributed by atoms with Gasteiger partial charge in [-0.2, -0.15) is 5.26 Å². The number of halogens is 1. The van der Waals surface area contributed by atoms with Crippen molar-refractivity contribution in [3.05, 3.63) is 86.8 Å². The number of carbonyl (C=O) groups excluding carboxylic acids is 1. The molecule has 0 amide bonds. The highest BCUT2D eigenvalue weighted by molar-refractivity contribution is 6.32. The van der Waals surface area contributed by atoms with E-state index in [1.165, 1.54) is 23.9 Å². The predicted octanol–water partition coefficient (Wildman–Crippen LogP) is 4.11. The van der Waals surface area contributed by atoms with Crippen LogP contribution in [0.5, 0.6) is 17.2 Å². The molecule has 0 saturated heterocycles. The molecule has 0 bridgehead atoms. The average molecular weight is 497 g/mol. The van der Waals surface area contributed by atoms with Crippen molar-refractivity contribution < 1.29 is 23.7 Å². The quantitative estimate of drug-likeness (QED) is 0.275. The summed E-state index contributed by atoms with van der Waals surface area (Å²) < 4.78 is 23.1. The van der Waals surface area contributed by atoms with E-state index >= 15 is 0 Å². The largest absolute Gasteiger partial charge is 0.497 e. The van der Waals surface area contributed by atoms with E-state index in [1.54, 1.807) is 43.5 Å². The van der Waals surface area contributed by atoms with E-state index in [1.807, 2.05) is 12.1 Å². The van der Waals surface area contributed by atoms with Crippen LogP contribution in [0.2, 0.25) is 5.02 Å². The summed E-state index contributed by atoms with van der Waals surface area (Å²) in [5.41, 5.74) is -0.164. The third kappa shape index (κ3) is 6.63. The van der Waals surface area contributed by atoms with Crippen LogP contribution in [0.3, 0.4) is 0 Å². The first-order chi connectivity index (χ1) is 17.0. The molecular weight excluding hydrogens is 472 g/mol. The highest BCUT2D eigenvalue weighted by Gasteiger charge is 2.19. The SMILES string of the molecule is COCCCn1cc(C(=O)c2cc(OC)ccc2OCCOc2ccccc2Cl)cc(C#N)c1=O. The van der Waals surface area contributed by atoms with Gasteiger partial charge >= 0.3 is 0 Å². The van der Waals surface area contributed by atoms with Crippen molar-refractivity contribution in [2.75, 3.05) is 34.0 Å². The monoisotopic (exact) mass is 496 g/mol. The molecular formula is C26H25ClN2O6. The summed E-state index contributed by atoms with van der Waals surface area (Å²) in [6, 6.07) is 15.1. The highest BCUT2D eigenvalue weighted by atomic mass is 35.5. The Kier molecular flexibility index (Phi) is 9.30. The molecule has 0 saturated carbocycles. The molecule has 0 aliphatic rings. The van der Waals surface area contributed by atoms with Crippen molar-refractivity contribution in [2.24, 2.45) is 0 Å². The van der Waals surface area contributed by atoms with Gasteiger partial charge in [0.15, 0.2) is 5.78 Å². The Morgan fingerprint density at radius 1 is 1.03 bits per heavy atom. The third-order valence-corrected chi connectivity index (χ3v) is 5.39. The molecule has 3 rings (SSSR count). The summed E-state index contributed by atoms with van der Waals surface area (Å²) in [5.74, 6) is 0.891. The normalized spacial score (nSPS) is 10.5. The molecule has 0 aliphatic carbocycles. The Morgan fingerprint density at radius 3 is 2.46 bits per heavy atom. The Hall–Kier alpha value is -3.80. The van der Waals surface area contributed by atoms with Crippen LogP contribution in [-0.2, 0) is 11.3 Å². The molecule has 8 nitrogen and oxygen atoms in total. The third-order valence-electron chi connectivity index (χ3n) is 5.08. The van der Waals surface area contributed by atoms with Crippen molar-refractivity contribution in [3.63, 3.8) is 0 Å². The van der Waals surface area contributed by atoms with Crippen molar-refractivity contribution in [3.8, 4) is 23.3 Å². The fraction of sp³-hybridized carbons (Fsp3) is 0.269. The second kappa shape index (κ2) is 12.6. The van der Waals surface area contributed by atoms with Gasteiger partial charge in [0.1, 0.15) is 42.1 Å². The molecule has 182 valence electrons. The lowest BCUT2D eigenvalue weighted by molar-refractivity contribution is 0.103. The fourth-order valence-electron chi connectivity index (χ4n) is 3.35. The van der Waals surface area contributed by atoms with Gasteiger partial charge in [0.25, 0.3) is 5.56 Å². The maximum Gasteiger partial charge on any atom is 0.268 e. The minimum atomic E-state index is -0.459. The molecule has 3 aromatic rings. The second-order valence-electron chi connectivity index (χ2n) is 7.42. The molecule has 0 aliphatic heterocycles. The van der Waals surface area contributed by atoms with Crippen molar-refractivity contribution in [1.29, 1.82) is 5.26 Å². The lowest BCUT2D eigenvalue weighted by atomic mass is 10.0. The smallest absolute Gasteiger partial charge is 0.268 e. The summed E-state index contributed by atoms with van der Waals surface area (Å²) >= 11 is 6.10. The number of ketones is 1. The van der Waals surface area contributed by atoms with Crippen LogP contribution in [0.1, 0.15) is 27.9 Å². The lowest BCUT2D eigenvalue weighted by Crippen LogP contribution is -2.24. The molecule has 1 aromatic heterocycles. The minimum Gasteiger partial charge on any atom is -0.497 e. The Labute approximate surface area is 208 Å². The summed E-state index contributed by atoms with van der Waals surface area (Å²) in [7, 11) is 3.05. The van der Waals surface area contributed by atoms with Crippen molar-refractivity contribution >= 4 is 17.4 Å². The zero-order valence-electron chi connectivity index (χ0n) is 19.5. The fourth-order valence-corrected chi connectivity index (χ4v) is 3.54. The van der Waals surface area contributed by atoms with Gasteiger partial charge in [0, 0.05) is 32.0 Å². The van der Waals surface area contributed by atoms with E-state index in [0.29, 0.717) is 41.8 Å². The van der Waals surface area contributed by atoms with Crippen LogP contribution in [0.4, 0.5) is 0 Å². The molecule has 2 aromatic carbocycles. The zero-order chi connectivity index (χ0) is 25.2. The van der Waals surface area contributed by atoms with E-state index in [-0.39, 0.29) is 29.9 Å². The summed E-state index contributed by atoms with van der Waals surface area (Å²) in [5, 5.41) is 9.91. The number of hydrogen-bond acceptors (Lipinski definition) is 7. The van der Waals surface area contributed by atoms with Crippen molar-refractivity contribution in [2.45, 2.75) is 13.0 Å². The minimum absolute atomic E-state index is 0.119. The maximum atomic E-state index is 13.5. The van der Waals surface area contributed by atoms with Crippen LogP contribution in [0, 0.1) is 11.3 Å². The van der Waals surface area contributed by atoms with Crippen LogP contribution in [-0.4, -0.2) is 44.4 Å².